The van der Waals surface area contributed by atoms with E-state index in [4.69, 9.17) is 4.74 Å². The number of Topliss-reactive ketones (excluding diaryl/α,β-unsaturated/α-hetero) is 1. The summed E-state index contributed by atoms with van der Waals surface area (Å²) >= 11 is 1.33. The van der Waals surface area contributed by atoms with Crippen molar-refractivity contribution < 1.29 is 14.3 Å². The van der Waals surface area contributed by atoms with Crippen LogP contribution in [0.3, 0.4) is 0 Å². The van der Waals surface area contributed by atoms with Crippen LogP contribution in [0, 0.1) is 0 Å². The first-order valence-electron chi connectivity index (χ1n) is 10.8. The van der Waals surface area contributed by atoms with Gasteiger partial charge in [-0.15, -0.1) is 10.2 Å². The summed E-state index contributed by atoms with van der Waals surface area (Å²) < 4.78 is 7.30. The number of nitrogens with one attached hydrogen (secondary N) is 1. The molecule has 0 saturated heterocycles. The number of carbonyl (C=O) groups excluding carboxylic acids is 2. The van der Waals surface area contributed by atoms with Gasteiger partial charge in [-0.3, -0.25) is 14.2 Å². The number of rotatable bonds is 9. The van der Waals surface area contributed by atoms with E-state index in [-0.39, 0.29) is 17.4 Å². The van der Waals surface area contributed by atoms with Gasteiger partial charge in [0, 0.05) is 28.9 Å². The van der Waals surface area contributed by atoms with Gasteiger partial charge < -0.3 is 10.1 Å². The van der Waals surface area contributed by atoms with Gasteiger partial charge in [0.2, 0.25) is 5.91 Å². The molecule has 1 N–H and O–H groups in total. The van der Waals surface area contributed by atoms with Crippen LogP contribution < -0.4 is 10.1 Å². The van der Waals surface area contributed by atoms with Gasteiger partial charge >= 0.3 is 0 Å². The number of ether oxygens (including phenoxy) is 1. The van der Waals surface area contributed by atoms with E-state index in [1.165, 1.54) is 11.8 Å². The number of para-hydroxylation sites is 1. The summed E-state index contributed by atoms with van der Waals surface area (Å²) in [6.45, 7) is 1.79. The van der Waals surface area contributed by atoms with Crippen molar-refractivity contribution in [2.45, 2.75) is 18.5 Å². The Labute approximate surface area is 202 Å². The summed E-state index contributed by atoms with van der Waals surface area (Å²) in [6, 6.07) is 24.3. The molecule has 8 heteroatoms. The molecule has 1 amide bonds. The lowest BCUT2D eigenvalue weighted by molar-refractivity contribution is -0.115. The first-order valence-corrected chi connectivity index (χ1v) is 11.8. The first-order chi connectivity index (χ1) is 16.6. The average Bonchev–Trinajstić information content (AvgIpc) is 3.32. The number of benzene rings is 3. The molecular formula is C26H24N4O3S. The van der Waals surface area contributed by atoms with Crippen LogP contribution in [-0.4, -0.2) is 39.3 Å². The Kier molecular flexibility index (Phi) is 7.39. The smallest absolute Gasteiger partial charge is 0.224 e. The van der Waals surface area contributed by atoms with Gasteiger partial charge in [0.1, 0.15) is 5.75 Å². The lowest BCUT2D eigenvalue weighted by atomic mass is 10.1. The summed E-state index contributed by atoms with van der Waals surface area (Å²) in [5.74, 6) is 1.48. The van der Waals surface area contributed by atoms with E-state index in [1.54, 1.807) is 38.3 Å². The maximum absolute atomic E-state index is 12.8. The van der Waals surface area contributed by atoms with Crippen molar-refractivity contribution in [3.63, 3.8) is 0 Å². The topological polar surface area (TPSA) is 86.1 Å². The molecular weight excluding hydrogens is 448 g/mol. The number of hydrogen-bond donors (Lipinski definition) is 1. The predicted octanol–water partition coefficient (Wildman–Crippen LogP) is 5.27. The predicted molar refractivity (Wildman–Crippen MR) is 134 cm³/mol. The fourth-order valence-electron chi connectivity index (χ4n) is 3.32. The molecule has 0 unspecified atom stereocenters. The molecule has 4 aromatic rings. The van der Waals surface area contributed by atoms with Gasteiger partial charge in [-0.05, 0) is 48.5 Å². The van der Waals surface area contributed by atoms with Crippen LogP contribution in [0.4, 0.5) is 5.69 Å². The fraction of sp³-hybridized carbons (Fsp3) is 0.154. The standard InChI is InChI=1S/C26H24N4O3S/c1-3-24(32)27-20-14-12-18(13-15-20)23(31)17-34-26-29-28-25(19-8-7-11-22(16-19)33-2)30(26)21-9-5-4-6-10-21/h4-16H,3,17H2,1-2H3,(H,27,32). The second-order valence-corrected chi connectivity index (χ2v) is 8.34. The molecule has 4 rings (SSSR count). The molecule has 3 aromatic carbocycles. The third kappa shape index (κ3) is 5.35. The first kappa shape index (κ1) is 23.3. The molecule has 0 aliphatic rings. The lowest BCUT2D eigenvalue weighted by Gasteiger charge is -2.11. The highest BCUT2D eigenvalue weighted by atomic mass is 32.2. The molecule has 1 aromatic heterocycles. The number of thioether (sulfide) groups is 1. The zero-order chi connectivity index (χ0) is 23.9. The normalized spacial score (nSPS) is 10.6. The molecule has 0 aliphatic heterocycles. The molecule has 0 aliphatic carbocycles. The summed E-state index contributed by atoms with van der Waals surface area (Å²) in [6.07, 6.45) is 0.400. The van der Waals surface area contributed by atoms with Crippen LogP contribution >= 0.6 is 11.8 Å². The molecule has 0 bridgehead atoms. The summed E-state index contributed by atoms with van der Waals surface area (Å²) in [5.41, 5.74) is 3.00. The number of ketones is 1. The molecule has 7 nitrogen and oxygen atoms in total. The van der Waals surface area contributed by atoms with Crippen LogP contribution in [0.15, 0.2) is 84.0 Å². The van der Waals surface area contributed by atoms with Crippen molar-refractivity contribution in [1.29, 1.82) is 0 Å². The SMILES string of the molecule is CCC(=O)Nc1ccc(C(=O)CSc2nnc(-c3cccc(OC)c3)n2-c2ccccc2)cc1. The van der Waals surface area contributed by atoms with Crippen LogP contribution in [0.5, 0.6) is 5.75 Å². The Bertz CT molecular complexity index is 1290. The number of amides is 1. The fourth-order valence-corrected chi connectivity index (χ4v) is 4.17. The molecule has 0 atom stereocenters. The van der Waals surface area contributed by atoms with E-state index < -0.39 is 0 Å². The van der Waals surface area contributed by atoms with E-state index in [0.29, 0.717) is 28.7 Å². The van der Waals surface area contributed by atoms with Gasteiger partial charge in [-0.1, -0.05) is 49.0 Å². The van der Waals surface area contributed by atoms with Crippen molar-refractivity contribution in [3.05, 3.63) is 84.4 Å². The minimum Gasteiger partial charge on any atom is -0.497 e. The maximum Gasteiger partial charge on any atom is 0.224 e. The van der Waals surface area contributed by atoms with E-state index in [1.807, 2.05) is 59.2 Å². The Morgan fingerprint density at radius 3 is 2.44 bits per heavy atom. The van der Waals surface area contributed by atoms with E-state index in [2.05, 4.69) is 15.5 Å². The van der Waals surface area contributed by atoms with Crippen molar-refractivity contribution in [2.75, 3.05) is 18.2 Å². The molecule has 1 heterocycles. The monoisotopic (exact) mass is 472 g/mol. The van der Waals surface area contributed by atoms with Gasteiger partial charge in [-0.25, -0.2) is 0 Å². The van der Waals surface area contributed by atoms with Crippen LogP contribution in [-0.2, 0) is 4.79 Å². The van der Waals surface area contributed by atoms with Crippen molar-refractivity contribution in [1.82, 2.24) is 14.8 Å². The second-order valence-electron chi connectivity index (χ2n) is 7.40. The summed E-state index contributed by atoms with van der Waals surface area (Å²) in [4.78, 5) is 24.4. The lowest BCUT2D eigenvalue weighted by Crippen LogP contribution is -2.10. The highest BCUT2D eigenvalue weighted by Crippen LogP contribution is 2.30. The number of nitrogens with zero attached hydrogens (tertiary/aromatic N) is 3. The van der Waals surface area contributed by atoms with Crippen LogP contribution in [0.1, 0.15) is 23.7 Å². The van der Waals surface area contributed by atoms with Crippen molar-refractivity contribution in [3.8, 4) is 22.8 Å². The average molecular weight is 473 g/mol. The van der Waals surface area contributed by atoms with E-state index >= 15 is 0 Å². The minimum absolute atomic E-state index is 0.0380. The molecule has 34 heavy (non-hydrogen) atoms. The molecule has 0 fully saturated rings. The van der Waals surface area contributed by atoms with Gasteiger partial charge in [0.05, 0.1) is 12.9 Å². The number of aromatic nitrogens is 3. The third-order valence-electron chi connectivity index (χ3n) is 5.12. The Morgan fingerprint density at radius 2 is 1.74 bits per heavy atom. The van der Waals surface area contributed by atoms with Crippen LogP contribution in [0.25, 0.3) is 17.1 Å². The zero-order valence-corrected chi connectivity index (χ0v) is 19.7. The zero-order valence-electron chi connectivity index (χ0n) is 18.9. The molecule has 172 valence electrons. The van der Waals surface area contributed by atoms with Gasteiger partial charge in [0.25, 0.3) is 0 Å². The Balaban J connectivity index is 1.57. The summed E-state index contributed by atoms with van der Waals surface area (Å²) in [7, 11) is 1.62. The number of anilines is 1. The number of methoxy groups -OCH3 is 1. The highest BCUT2D eigenvalue weighted by molar-refractivity contribution is 7.99. The number of hydrogen-bond acceptors (Lipinski definition) is 6. The van der Waals surface area contributed by atoms with Gasteiger partial charge in [-0.2, -0.15) is 0 Å². The van der Waals surface area contributed by atoms with Gasteiger partial charge in [0.15, 0.2) is 16.8 Å². The van der Waals surface area contributed by atoms with Crippen LogP contribution in [0.2, 0.25) is 0 Å². The Morgan fingerprint density at radius 1 is 0.971 bits per heavy atom. The highest BCUT2D eigenvalue weighted by Gasteiger charge is 2.18. The quantitative estimate of drug-likeness (QED) is 0.264. The maximum atomic E-state index is 12.8. The molecule has 0 saturated carbocycles. The van der Waals surface area contributed by atoms with Crippen molar-refractivity contribution in [2.24, 2.45) is 0 Å². The second kappa shape index (κ2) is 10.8. The largest absolute Gasteiger partial charge is 0.497 e. The third-order valence-corrected chi connectivity index (χ3v) is 6.05. The van der Waals surface area contributed by atoms with Crippen molar-refractivity contribution >= 4 is 29.1 Å². The van der Waals surface area contributed by atoms with E-state index in [9.17, 15) is 9.59 Å². The van der Waals surface area contributed by atoms with E-state index in [0.717, 1.165) is 17.0 Å². The molecule has 0 spiro atoms. The summed E-state index contributed by atoms with van der Waals surface area (Å²) in [5, 5.41) is 12.2. The Hall–Kier alpha value is -3.91. The minimum atomic E-state index is -0.0679. The molecule has 0 radical (unpaired) electrons. The number of carbonyl (C=O) groups is 2.